The van der Waals surface area contributed by atoms with Gasteiger partial charge in [-0.25, -0.2) is 0 Å². The molecule has 19 heavy (non-hydrogen) atoms. The number of nitrogens with one attached hydrogen (secondary N) is 1. The fourth-order valence-corrected chi connectivity index (χ4v) is 1.92. The number of hydrogen-bond donors (Lipinski definition) is 3. The van der Waals surface area contributed by atoms with Gasteiger partial charge in [-0.05, 0) is 42.8 Å². The fourth-order valence-electron chi connectivity index (χ4n) is 1.70. The van der Waals surface area contributed by atoms with Crippen LogP contribution >= 0.6 is 11.6 Å². The van der Waals surface area contributed by atoms with Crippen LogP contribution in [0.5, 0.6) is 11.5 Å². The van der Waals surface area contributed by atoms with Crippen molar-refractivity contribution in [1.29, 1.82) is 0 Å². The van der Waals surface area contributed by atoms with Crippen molar-refractivity contribution in [3.8, 4) is 11.5 Å². The number of aryl methyl sites for hydroxylation is 1. The minimum absolute atomic E-state index is 0.0313. The first-order valence-corrected chi connectivity index (χ1v) is 5.94. The first-order valence-electron chi connectivity index (χ1n) is 5.57. The van der Waals surface area contributed by atoms with Crippen LogP contribution in [-0.2, 0) is 0 Å². The van der Waals surface area contributed by atoms with Crippen LogP contribution < -0.4 is 5.32 Å². The smallest absolute Gasteiger partial charge is 0.255 e. The molecule has 0 saturated carbocycles. The molecule has 0 spiro atoms. The number of carbonyl (C=O) groups excluding carboxylic acids is 1. The summed E-state index contributed by atoms with van der Waals surface area (Å²) in [6.45, 7) is 1.73. The van der Waals surface area contributed by atoms with Crippen molar-refractivity contribution in [1.82, 2.24) is 0 Å². The summed E-state index contributed by atoms with van der Waals surface area (Å²) in [5.74, 6) is -0.189. The van der Waals surface area contributed by atoms with Gasteiger partial charge in [0.25, 0.3) is 5.91 Å². The molecule has 0 aromatic heterocycles. The van der Waals surface area contributed by atoms with Gasteiger partial charge in [-0.1, -0.05) is 11.6 Å². The Kier molecular flexibility index (Phi) is 3.62. The van der Waals surface area contributed by atoms with Gasteiger partial charge in [0, 0.05) is 11.6 Å². The second kappa shape index (κ2) is 5.20. The standard InChI is InChI=1S/C14H12ClNO3/c1-8-6-9(17)2-4-11(8)14(19)16-13-5-3-10(18)7-12(13)15/h2-7,17-18H,1H3,(H,16,19). The Labute approximate surface area is 115 Å². The summed E-state index contributed by atoms with van der Waals surface area (Å²) in [4.78, 5) is 12.1. The van der Waals surface area contributed by atoms with E-state index in [0.29, 0.717) is 16.8 Å². The molecule has 0 unspecified atom stereocenters. The van der Waals surface area contributed by atoms with Gasteiger partial charge in [0.05, 0.1) is 10.7 Å². The number of amides is 1. The third kappa shape index (κ3) is 2.98. The number of benzene rings is 2. The van der Waals surface area contributed by atoms with E-state index in [9.17, 15) is 15.0 Å². The normalized spacial score (nSPS) is 10.2. The monoisotopic (exact) mass is 277 g/mol. The van der Waals surface area contributed by atoms with Crippen LogP contribution in [0.4, 0.5) is 5.69 Å². The van der Waals surface area contributed by atoms with E-state index in [0.717, 1.165) is 0 Å². The van der Waals surface area contributed by atoms with Crippen LogP contribution in [0.25, 0.3) is 0 Å². The van der Waals surface area contributed by atoms with E-state index in [1.54, 1.807) is 6.92 Å². The summed E-state index contributed by atoms with van der Waals surface area (Å²) in [6.07, 6.45) is 0. The lowest BCUT2D eigenvalue weighted by Gasteiger charge is -2.09. The molecule has 0 saturated heterocycles. The van der Waals surface area contributed by atoms with Crippen molar-refractivity contribution in [3.63, 3.8) is 0 Å². The van der Waals surface area contributed by atoms with Crippen molar-refractivity contribution in [2.75, 3.05) is 5.32 Å². The molecule has 2 aromatic carbocycles. The van der Waals surface area contributed by atoms with Crippen LogP contribution in [0.1, 0.15) is 15.9 Å². The molecule has 1 amide bonds. The quantitative estimate of drug-likeness (QED) is 0.738. The minimum atomic E-state index is -0.329. The van der Waals surface area contributed by atoms with Gasteiger partial charge in [-0.15, -0.1) is 0 Å². The lowest BCUT2D eigenvalue weighted by Crippen LogP contribution is -2.13. The molecule has 0 heterocycles. The van der Waals surface area contributed by atoms with Gasteiger partial charge in [0.15, 0.2) is 0 Å². The Morgan fingerprint density at radius 1 is 1.11 bits per heavy atom. The first kappa shape index (κ1) is 13.2. The van der Waals surface area contributed by atoms with Crippen LogP contribution in [0.15, 0.2) is 36.4 Å². The van der Waals surface area contributed by atoms with Crippen LogP contribution in [0.3, 0.4) is 0 Å². The van der Waals surface area contributed by atoms with Crippen molar-refractivity contribution in [2.24, 2.45) is 0 Å². The molecule has 0 aliphatic carbocycles. The van der Waals surface area contributed by atoms with Gasteiger partial charge in [0.1, 0.15) is 11.5 Å². The molecule has 0 bridgehead atoms. The highest BCUT2D eigenvalue weighted by Crippen LogP contribution is 2.27. The van der Waals surface area contributed by atoms with Crippen LogP contribution in [0.2, 0.25) is 5.02 Å². The topological polar surface area (TPSA) is 69.6 Å². The maximum atomic E-state index is 12.1. The molecule has 0 radical (unpaired) electrons. The number of hydrogen-bond acceptors (Lipinski definition) is 3. The Morgan fingerprint density at radius 3 is 2.37 bits per heavy atom. The molecule has 0 fully saturated rings. The number of phenols is 2. The lowest BCUT2D eigenvalue weighted by molar-refractivity contribution is 0.102. The predicted molar refractivity (Wildman–Crippen MR) is 73.9 cm³/mol. The van der Waals surface area contributed by atoms with Crippen LogP contribution in [0, 0.1) is 6.92 Å². The van der Waals surface area contributed by atoms with E-state index in [1.165, 1.54) is 36.4 Å². The number of rotatable bonds is 2. The third-order valence-electron chi connectivity index (χ3n) is 2.66. The van der Waals surface area contributed by atoms with E-state index in [1.807, 2.05) is 0 Å². The molecular formula is C14H12ClNO3. The second-order valence-corrected chi connectivity index (χ2v) is 4.52. The molecule has 2 rings (SSSR count). The zero-order chi connectivity index (χ0) is 14.0. The van der Waals surface area contributed by atoms with Crippen molar-refractivity contribution in [2.45, 2.75) is 6.92 Å². The van der Waals surface area contributed by atoms with Gasteiger partial charge in [0.2, 0.25) is 0 Å². The van der Waals surface area contributed by atoms with Gasteiger partial charge >= 0.3 is 0 Å². The average Bonchev–Trinajstić information content (AvgIpc) is 2.32. The zero-order valence-corrected chi connectivity index (χ0v) is 10.9. The molecule has 5 heteroatoms. The number of aromatic hydroxyl groups is 2. The van der Waals surface area contributed by atoms with Crippen molar-refractivity contribution in [3.05, 3.63) is 52.5 Å². The second-order valence-electron chi connectivity index (χ2n) is 4.12. The maximum Gasteiger partial charge on any atom is 0.255 e. The molecule has 98 valence electrons. The highest BCUT2D eigenvalue weighted by Gasteiger charge is 2.11. The number of halogens is 1. The van der Waals surface area contributed by atoms with E-state index in [2.05, 4.69) is 5.32 Å². The zero-order valence-electron chi connectivity index (χ0n) is 10.1. The highest BCUT2D eigenvalue weighted by molar-refractivity contribution is 6.34. The van der Waals surface area contributed by atoms with E-state index in [-0.39, 0.29) is 22.4 Å². The largest absolute Gasteiger partial charge is 0.508 e. The summed E-state index contributed by atoms with van der Waals surface area (Å²) in [7, 11) is 0. The molecule has 0 atom stereocenters. The van der Waals surface area contributed by atoms with Gasteiger partial charge < -0.3 is 15.5 Å². The van der Waals surface area contributed by atoms with E-state index < -0.39 is 0 Å². The van der Waals surface area contributed by atoms with Gasteiger partial charge in [-0.3, -0.25) is 4.79 Å². The number of phenolic OH excluding ortho intramolecular Hbond substituents is 2. The summed E-state index contributed by atoms with van der Waals surface area (Å²) < 4.78 is 0. The average molecular weight is 278 g/mol. The summed E-state index contributed by atoms with van der Waals surface area (Å²) >= 11 is 5.91. The maximum absolute atomic E-state index is 12.1. The fraction of sp³-hybridized carbons (Fsp3) is 0.0714. The molecule has 2 aromatic rings. The Bertz CT molecular complexity index is 641. The first-order chi connectivity index (χ1) is 8.97. The lowest BCUT2D eigenvalue weighted by atomic mass is 10.1. The van der Waals surface area contributed by atoms with E-state index >= 15 is 0 Å². The SMILES string of the molecule is Cc1cc(O)ccc1C(=O)Nc1ccc(O)cc1Cl. The number of anilines is 1. The third-order valence-corrected chi connectivity index (χ3v) is 2.97. The molecule has 3 N–H and O–H groups in total. The highest BCUT2D eigenvalue weighted by atomic mass is 35.5. The summed E-state index contributed by atoms with van der Waals surface area (Å²) in [5, 5.41) is 21.4. The van der Waals surface area contributed by atoms with Gasteiger partial charge in [-0.2, -0.15) is 0 Å². The number of carbonyl (C=O) groups is 1. The van der Waals surface area contributed by atoms with Crippen molar-refractivity contribution >= 4 is 23.2 Å². The Balaban J connectivity index is 2.25. The van der Waals surface area contributed by atoms with Crippen molar-refractivity contribution < 1.29 is 15.0 Å². The summed E-state index contributed by atoms with van der Waals surface area (Å²) in [5.41, 5.74) is 1.52. The predicted octanol–water partition coefficient (Wildman–Crippen LogP) is 3.31. The molecule has 4 nitrogen and oxygen atoms in total. The van der Waals surface area contributed by atoms with Crippen LogP contribution in [-0.4, -0.2) is 16.1 Å². The Morgan fingerprint density at radius 2 is 1.74 bits per heavy atom. The molecule has 0 aliphatic heterocycles. The molecular weight excluding hydrogens is 266 g/mol. The van der Waals surface area contributed by atoms with E-state index in [4.69, 9.17) is 11.6 Å². The molecule has 0 aliphatic rings. The Hall–Kier alpha value is -2.20. The summed E-state index contributed by atoms with van der Waals surface area (Å²) in [6, 6.07) is 8.79. The minimum Gasteiger partial charge on any atom is -0.508 e.